The number of carbonyl (C=O) groups excluding carboxylic acids is 3. The molecule has 3 aromatic rings. The number of amides is 1. The number of benzene rings is 3. The third-order valence-electron chi connectivity index (χ3n) is 5.44. The summed E-state index contributed by atoms with van der Waals surface area (Å²) in [6.07, 6.45) is 0. The molecule has 1 N–H and O–H groups in total. The van der Waals surface area contributed by atoms with Crippen molar-refractivity contribution in [1.29, 1.82) is 0 Å². The maximum Gasteiger partial charge on any atom is 0.337 e. The Morgan fingerprint density at radius 1 is 0.971 bits per heavy atom. The van der Waals surface area contributed by atoms with E-state index in [0.717, 1.165) is 6.07 Å². The molecule has 1 amide bonds. The van der Waals surface area contributed by atoms with Gasteiger partial charge in [-0.05, 0) is 23.8 Å². The summed E-state index contributed by atoms with van der Waals surface area (Å²) < 4.78 is 4.75. The number of ether oxygens (including phenoxy) is 1. The molecule has 3 aromatic carbocycles. The van der Waals surface area contributed by atoms with Crippen molar-refractivity contribution in [2.24, 2.45) is 0 Å². The summed E-state index contributed by atoms with van der Waals surface area (Å²) in [5.41, 5.74) is 0.471. The molecule has 0 bridgehead atoms. The lowest BCUT2D eigenvalue weighted by atomic mass is 9.95. The summed E-state index contributed by atoms with van der Waals surface area (Å²) in [7, 11) is 1.23. The number of nitro groups is 1. The molecule has 0 aliphatic carbocycles. The normalized spacial score (nSPS) is 17.0. The SMILES string of the molecule is COC(=O)c1cccc(N2C(=O)C(=O)/C(=C(\O)c3cccc([N+](=O)[O-])c3)C2c2ccccc2)c1. The van der Waals surface area contributed by atoms with E-state index in [0.29, 0.717) is 5.56 Å². The molecule has 0 aromatic heterocycles. The Morgan fingerprint density at radius 3 is 2.32 bits per heavy atom. The van der Waals surface area contributed by atoms with Gasteiger partial charge in [-0.3, -0.25) is 24.6 Å². The highest BCUT2D eigenvalue weighted by Gasteiger charge is 2.47. The number of Topliss-reactive ketones (excluding diaryl/α,β-unsaturated/α-hetero) is 1. The van der Waals surface area contributed by atoms with Crippen LogP contribution in [-0.2, 0) is 14.3 Å². The second-order valence-corrected chi connectivity index (χ2v) is 7.43. The number of nitro benzene ring substituents is 1. The van der Waals surface area contributed by atoms with Crippen LogP contribution in [0.5, 0.6) is 0 Å². The molecule has 1 unspecified atom stereocenters. The lowest BCUT2D eigenvalue weighted by Gasteiger charge is -2.25. The number of hydrogen-bond donors (Lipinski definition) is 1. The Hall–Kier alpha value is -4.79. The number of rotatable bonds is 5. The van der Waals surface area contributed by atoms with E-state index < -0.39 is 34.4 Å². The predicted molar refractivity (Wildman–Crippen MR) is 122 cm³/mol. The summed E-state index contributed by atoms with van der Waals surface area (Å²) in [5, 5.41) is 22.3. The van der Waals surface area contributed by atoms with E-state index >= 15 is 0 Å². The van der Waals surface area contributed by atoms with Gasteiger partial charge in [0.05, 0.1) is 29.2 Å². The quantitative estimate of drug-likeness (QED) is 0.153. The van der Waals surface area contributed by atoms with Crippen molar-refractivity contribution in [1.82, 2.24) is 0 Å². The molecule has 1 atom stereocenters. The Bertz CT molecular complexity index is 1350. The van der Waals surface area contributed by atoms with Crippen LogP contribution >= 0.6 is 0 Å². The molecule has 1 aliphatic heterocycles. The lowest BCUT2D eigenvalue weighted by Crippen LogP contribution is -2.29. The number of anilines is 1. The number of methoxy groups -OCH3 is 1. The minimum atomic E-state index is -1.03. The largest absolute Gasteiger partial charge is 0.507 e. The molecule has 34 heavy (non-hydrogen) atoms. The minimum absolute atomic E-state index is 0.0245. The van der Waals surface area contributed by atoms with Crippen molar-refractivity contribution in [2.45, 2.75) is 6.04 Å². The van der Waals surface area contributed by atoms with Gasteiger partial charge >= 0.3 is 5.97 Å². The van der Waals surface area contributed by atoms with Gasteiger partial charge in [0.1, 0.15) is 5.76 Å². The van der Waals surface area contributed by atoms with Gasteiger partial charge in [-0.15, -0.1) is 0 Å². The highest BCUT2D eigenvalue weighted by atomic mass is 16.6. The molecular weight excluding hydrogens is 440 g/mol. The first-order valence-corrected chi connectivity index (χ1v) is 10.1. The van der Waals surface area contributed by atoms with E-state index in [1.54, 1.807) is 42.5 Å². The topological polar surface area (TPSA) is 127 Å². The van der Waals surface area contributed by atoms with Gasteiger partial charge in [0.15, 0.2) is 0 Å². The highest BCUT2D eigenvalue weighted by molar-refractivity contribution is 6.51. The number of esters is 1. The van der Waals surface area contributed by atoms with Crippen molar-refractivity contribution in [3.63, 3.8) is 0 Å². The molecule has 0 radical (unpaired) electrons. The third kappa shape index (κ3) is 3.90. The summed E-state index contributed by atoms with van der Waals surface area (Å²) in [6.45, 7) is 0. The van der Waals surface area contributed by atoms with Gasteiger partial charge in [-0.1, -0.05) is 48.5 Å². The first-order valence-electron chi connectivity index (χ1n) is 10.1. The second kappa shape index (κ2) is 8.99. The van der Waals surface area contributed by atoms with Crippen LogP contribution in [0.4, 0.5) is 11.4 Å². The lowest BCUT2D eigenvalue weighted by molar-refractivity contribution is -0.384. The fourth-order valence-corrected chi connectivity index (χ4v) is 3.87. The van der Waals surface area contributed by atoms with Gasteiger partial charge in [0.2, 0.25) is 0 Å². The maximum absolute atomic E-state index is 13.2. The number of ketones is 1. The number of nitrogens with zero attached hydrogens (tertiary/aromatic N) is 2. The monoisotopic (exact) mass is 458 g/mol. The van der Waals surface area contributed by atoms with Crippen LogP contribution in [0.25, 0.3) is 5.76 Å². The molecule has 1 fully saturated rings. The van der Waals surface area contributed by atoms with Crippen molar-refractivity contribution >= 4 is 34.8 Å². The molecule has 1 saturated heterocycles. The van der Waals surface area contributed by atoms with E-state index in [1.807, 2.05) is 0 Å². The molecule has 1 heterocycles. The molecular formula is C25H18N2O7. The van der Waals surface area contributed by atoms with Crippen LogP contribution in [0.3, 0.4) is 0 Å². The first-order chi connectivity index (χ1) is 16.3. The number of hydrogen-bond acceptors (Lipinski definition) is 7. The fourth-order valence-electron chi connectivity index (χ4n) is 3.87. The van der Waals surface area contributed by atoms with Crippen LogP contribution in [-0.4, -0.2) is 34.8 Å². The molecule has 1 aliphatic rings. The molecule has 170 valence electrons. The number of non-ortho nitro benzene ring substituents is 1. The van der Waals surface area contributed by atoms with Crippen LogP contribution in [0.1, 0.15) is 27.5 Å². The summed E-state index contributed by atoms with van der Waals surface area (Å²) in [6, 6.07) is 18.7. The Labute approximate surface area is 193 Å². The van der Waals surface area contributed by atoms with E-state index in [4.69, 9.17) is 4.74 Å². The third-order valence-corrected chi connectivity index (χ3v) is 5.44. The van der Waals surface area contributed by atoms with E-state index in [2.05, 4.69) is 0 Å². The molecule has 0 saturated carbocycles. The van der Waals surface area contributed by atoms with Gasteiger partial charge in [-0.25, -0.2) is 4.79 Å². The number of aliphatic hydroxyl groups is 1. The van der Waals surface area contributed by atoms with Gasteiger partial charge in [0, 0.05) is 23.4 Å². The number of carbonyl (C=O) groups is 3. The Morgan fingerprint density at radius 2 is 1.65 bits per heavy atom. The van der Waals surface area contributed by atoms with Crippen LogP contribution in [0, 0.1) is 10.1 Å². The fraction of sp³-hybridized carbons (Fsp3) is 0.0800. The van der Waals surface area contributed by atoms with Crippen molar-refractivity contribution in [2.75, 3.05) is 12.0 Å². The molecule has 4 rings (SSSR count). The van der Waals surface area contributed by atoms with Crippen LogP contribution < -0.4 is 4.90 Å². The van der Waals surface area contributed by atoms with Crippen molar-refractivity contribution in [3.8, 4) is 0 Å². The molecule has 9 heteroatoms. The second-order valence-electron chi connectivity index (χ2n) is 7.43. The highest BCUT2D eigenvalue weighted by Crippen LogP contribution is 2.42. The average molecular weight is 458 g/mol. The van der Waals surface area contributed by atoms with E-state index in [-0.39, 0.29) is 28.1 Å². The summed E-state index contributed by atoms with van der Waals surface area (Å²) >= 11 is 0. The van der Waals surface area contributed by atoms with E-state index in [9.17, 15) is 29.6 Å². The minimum Gasteiger partial charge on any atom is -0.507 e. The van der Waals surface area contributed by atoms with Gasteiger partial charge in [-0.2, -0.15) is 0 Å². The first kappa shape index (κ1) is 22.4. The standard InChI is InChI=1S/C25H18N2O7/c1-34-25(31)17-10-6-11-18(14-17)26-21(15-7-3-2-4-8-15)20(23(29)24(26)30)22(28)16-9-5-12-19(13-16)27(32)33/h2-14,21,28H,1H3/b22-20-. The van der Waals surface area contributed by atoms with Gasteiger partial charge < -0.3 is 9.84 Å². The zero-order valence-corrected chi connectivity index (χ0v) is 17.9. The van der Waals surface area contributed by atoms with Crippen molar-refractivity contribution < 1.29 is 29.2 Å². The smallest absolute Gasteiger partial charge is 0.337 e. The number of aliphatic hydroxyl groups excluding tert-OH is 1. The predicted octanol–water partition coefficient (Wildman–Crippen LogP) is 4.01. The zero-order chi connectivity index (χ0) is 24.4. The van der Waals surface area contributed by atoms with Gasteiger partial charge in [0.25, 0.3) is 17.4 Å². The van der Waals surface area contributed by atoms with E-state index in [1.165, 1.54) is 42.3 Å². The van der Waals surface area contributed by atoms with Crippen LogP contribution in [0.15, 0.2) is 84.4 Å². The summed E-state index contributed by atoms with van der Waals surface area (Å²) in [5.74, 6) is -3.03. The molecule has 9 nitrogen and oxygen atoms in total. The summed E-state index contributed by atoms with van der Waals surface area (Å²) in [4.78, 5) is 50.1. The average Bonchev–Trinajstić information content (AvgIpc) is 3.14. The van der Waals surface area contributed by atoms with Crippen molar-refractivity contribution in [3.05, 3.63) is 111 Å². The Balaban J connectivity index is 1.93. The zero-order valence-electron chi connectivity index (χ0n) is 17.9. The van der Waals surface area contributed by atoms with Crippen LogP contribution in [0.2, 0.25) is 0 Å². The Kier molecular flexibility index (Phi) is 5.92. The maximum atomic E-state index is 13.2. The molecule has 0 spiro atoms.